The highest BCUT2D eigenvalue weighted by molar-refractivity contribution is 4.84. The molecule has 0 heterocycles. The molecule has 106 valence electrons. The van der Waals surface area contributed by atoms with Crippen LogP contribution in [-0.4, -0.2) is 96.5 Å². The SMILES string of the molecule is OCC(O)C(O)C(O)C(O)C(O)CO.OCO. The summed E-state index contributed by atoms with van der Waals surface area (Å²) in [7, 11) is 0. The Morgan fingerprint density at radius 2 is 0.765 bits per heavy atom. The van der Waals surface area contributed by atoms with Crippen molar-refractivity contribution in [3.8, 4) is 0 Å². The fourth-order valence-corrected chi connectivity index (χ4v) is 0.873. The van der Waals surface area contributed by atoms with Gasteiger partial charge in [0.1, 0.15) is 37.3 Å². The number of hydrogen-bond acceptors (Lipinski definition) is 9. The van der Waals surface area contributed by atoms with Gasteiger partial charge in [0.25, 0.3) is 0 Å². The zero-order valence-corrected chi connectivity index (χ0v) is 9.03. The molecule has 9 nitrogen and oxygen atoms in total. The normalized spacial score (nSPS) is 19.6. The average Bonchev–Trinajstić information content (AvgIpc) is 2.34. The van der Waals surface area contributed by atoms with E-state index in [0.717, 1.165) is 0 Å². The lowest BCUT2D eigenvalue weighted by Gasteiger charge is -2.27. The maximum Gasteiger partial charge on any atom is 0.140 e. The van der Waals surface area contributed by atoms with E-state index in [-0.39, 0.29) is 0 Å². The van der Waals surface area contributed by atoms with Crippen molar-refractivity contribution in [2.24, 2.45) is 0 Å². The van der Waals surface area contributed by atoms with E-state index in [2.05, 4.69) is 0 Å². The van der Waals surface area contributed by atoms with Crippen LogP contribution in [0.15, 0.2) is 0 Å². The van der Waals surface area contributed by atoms with Crippen molar-refractivity contribution in [2.45, 2.75) is 30.5 Å². The fourth-order valence-electron chi connectivity index (χ4n) is 0.873. The molecule has 0 aromatic rings. The second-order valence-corrected chi connectivity index (χ2v) is 3.11. The summed E-state index contributed by atoms with van der Waals surface area (Å²) in [4.78, 5) is 0. The van der Waals surface area contributed by atoms with Crippen molar-refractivity contribution < 1.29 is 46.0 Å². The Balaban J connectivity index is 0. The molecule has 0 rings (SSSR count). The van der Waals surface area contributed by atoms with Crippen LogP contribution in [0, 0.1) is 0 Å². The van der Waals surface area contributed by atoms with Crippen LogP contribution in [0.3, 0.4) is 0 Å². The van der Waals surface area contributed by atoms with Crippen LogP contribution in [0.5, 0.6) is 0 Å². The molecule has 9 heteroatoms. The molecule has 0 radical (unpaired) electrons. The maximum atomic E-state index is 9.15. The lowest BCUT2D eigenvalue weighted by Crippen LogP contribution is -2.50. The summed E-state index contributed by atoms with van der Waals surface area (Å²) in [5, 5.41) is 76.2. The molecule has 17 heavy (non-hydrogen) atoms. The van der Waals surface area contributed by atoms with E-state index < -0.39 is 50.5 Å². The Hall–Kier alpha value is -0.360. The second kappa shape index (κ2) is 10.8. The van der Waals surface area contributed by atoms with Crippen LogP contribution < -0.4 is 0 Å². The zero-order chi connectivity index (χ0) is 14.0. The highest BCUT2D eigenvalue weighted by atomic mass is 16.5. The summed E-state index contributed by atoms with van der Waals surface area (Å²) in [6.07, 6.45) is -8.68. The van der Waals surface area contributed by atoms with Gasteiger partial charge >= 0.3 is 0 Å². The lowest BCUT2D eigenvalue weighted by atomic mass is 10.00. The highest BCUT2D eigenvalue weighted by Gasteiger charge is 2.33. The van der Waals surface area contributed by atoms with Crippen molar-refractivity contribution in [1.29, 1.82) is 0 Å². The third kappa shape index (κ3) is 7.54. The maximum absolute atomic E-state index is 9.15. The number of rotatable bonds is 6. The molecule has 0 aliphatic heterocycles. The van der Waals surface area contributed by atoms with Crippen LogP contribution in [0.4, 0.5) is 0 Å². The predicted molar refractivity (Wildman–Crippen MR) is 53.5 cm³/mol. The van der Waals surface area contributed by atoms with Crippen LogP contribution in [-0.2, 0) is 0 Å². The van der Waals surface area contributed by atoms with Crippen molar-refractivity contribution in [3.63, 3.8) is 0 Å². The van der Waals surface area contributed by atoms with Crippen LogP contribution >= 0.6 is 0 Å². The third-order valence-electron chi connectivity index (χ3n) is 1.86. The minimum atomic E-state index is -1.85. The molecule has 9 N–H and O–H groups in total. The summed E-state index contributed by atoms with van der Waals surface area (Å²) in [5.41, 5.74) is 0. The monoisotopic (exact) mass is 260 g/mol. The van der Waals surface area contributed by atoms with E-state index in [0.29, 0.717) is 0 Å². The van der Waals surface area contributed by atoms with Gasteiger partial charge in [-0.25, -0.2) is 0 Å². The summed E-state index contributed by atoms with van der Waals surface area (Å²) >= 11 is 0. The first-order valence-corrected chi connectivity index (χ1v) is 4.71. The largest absolute Gasteiger partial charge is 0.394 e. The van der Waals surface area contributed by atoms with Gasteiger partial charge in [-0.2, -0.15) is 0 Å². The van der Waals surface area contributed by atoms with Gasteiger partial charge in [-0.15, -0.1) is 0 Å². The third-order valence-corrected chi connectivity index (χ3v) is 1.86. The first-order valence-electron chi connectivity index (χ1n) is 4.71. The molecule has 0 aliphatic rings. The predicted octanol–water partition coefficient (Wildman–Crippen LogP) is -5.30. The number of aliphatic hydroxyl groups is 9. The van der Waals surface area contributed by atoms with Gasteiger partial charge in [0.2, 0.25) is 0 Å². The van der Waals surface area contributed by atoms with Gasteiger partial charge in [-0.05, 0) is 0 Å². The molecule has 4 unspecified atom stereocenters. The quantitative estimate of drug-likeness (QED) is 0.210. The van der Waals surface area contributed by atoms with E-state index in [1.165, 1.54) is 0 Å². The smallest absolute Gasteiger partial charge is 0.140 e. The van der Waals surface area contributed by atoms with Gasteiger partial charge in [-0.1, -0.05) is 0 Å². The molecule has 0 saturated carbocycles. The second-order valence-electron chi connectivity index (χ2n) is 3.11. The van der Waals surface area contributed by atoms with E-state index >= 15 is 0 Å². The molecule has 4 atom stereocenters. The minimum Gasteiger partial charge on any atom is -0.394 e. The van der Waals surface area contributed by atoms with Crippen molar-refractivity contribution >= 4 is 0 Å². The van der Waals surface area contributed by atoms with E-state index in [4.69, 9.17) is 46.0 Å². The minimum absolute atomic E-state index is 0.750. The Labute approximate surface area is 97.4 Å². The lowest BCUT2D eigenvalue weighted by molar-refractivity contribution is -0.145. The van der Waals surface area contributed by atoms with Crippen LogP contribution in [0.25, 0.3) is 0 Å². The molecule has 0 aliphatic carbocycles. The van der Waals surface area contributed by atoms with Crippen molar-refractivity contribution in [2.75, 3.05) is 20.0 Å². The molecule has 0 aromatic heterocycles. The highest BCUT2D eigenvalue weighted by Crippen LogP contribution is 2.07. The van der Waals surface area contributed by atoms with Gasteiger partial charge in [-0.3, -0.25) is 0 Å². The van der Waals surface area contributed by atoms with Gasteiger partial charge in [0.05, 0.1) is 13.2 Å². The van der Waals surface area contributed by atoms with Crippen molar-refractivity contribution in [1.82, 2.24) is 0 Å². The molecular formula is C8H20O9. The van der Waals surface area contributed by atoms with E-state index in [1.54, 1.807) is 0 Å². The summed E-state index contributed by atoms with van der Waals surface area (Å²) in [6, 6.07) is 0. The van der Waals surface area contributed by atoms with E-state index in [1.807, 2.05) is 0 Å². The zero-order valence-electron chi connectivity index (χ0n) is 9.03. The number of hydrogen-bond donors (Lipinski definition) is 9. The molecular weight excluding hydrogens is 240 g/mol. The molecule has 0 spiro atoms. The molecule has 0 fully saturated rings. The van der Waals surface area contributed by atoms with Crippen LogP contribution in [0.1, 0.15) is 0 Å². The Bertz CT molecular complexity index is 151. The van der Waals surface area contributed by atoms with Gasteiger partial charge in [0.15, 0.2) is 0 Å². The van der Waals surface area contributed by atoms with Gasteiger partial charge < -0.3 is 46.0 Å². The standard InChI is InChI=1S/C7H16O7.CH4O2/c8-1-3(10)5(12)7(14)6(13)4(11)2-9;2-1-3/h3-14H,1-2H2;2-3H,1H2. The summed E-state index contributed by atoms with van der Waals surface area (Å²) < 4.78 is 0. The number of aliphatic hydroxyl groups excluding tert-OH is 8. The first-order chi connectivity index (χ1) is 7.87. The topological polar surface area (TPSA) is 182 Å². The van der Waals surface area contributed by atoms with Crippen LogP contribution in [0.2, 0.25) is 0 Å². The molecule has 0 aromatic carbocycles. The fraction of sp³-hybridized carbons (Fsp3) is 1.00. The average molecular weight is 260 g/mol. The molecule has 0 saturated heterocycles. The van der Waals surface area contributed by atoms with Gasteiger partial charge in [0, 0.05) is 0 Å². The Kier molecular flexibility index (Phi) is 12.0. The first kappa shape index (κ1) is 19.0. The Morgan fingerprint density at radius 1 is 0.529 bits per heavy atom. The summed E-state index contributed by atoms with van der Waals surface area (Å²) in [5.74, 6) is 0. The summed E-state index contributed by atoms with van der Waals surface area (Å²) in [6.45, 7) is -2.33. The Morgan fingerprint density at radius 3 is 0.941 bits per heavy atom. The van der Waals surface area contributed by atoms with Crippen molar-refractivity contribution in [3.05, 3.63) is 0 Å². The molecule has 0 bridgehead atoms. The van der Waals surface area contributed by atoms with E-state index in [9.17, 15) is 0 Å². The molecule has 0 amide bonds.